The van der Waals surface area contributed by atoms with Crippen molar-refractivity contribution in [2.24, 2.45) is 0 Å². The molecule has 0 amide bonds. The average Bonchev–Trinajstić information content (AvgIpc) is 2.04. The molecule has 5 heteroatoms. The van der Waals surface area contributed by atoms with Gasteiger partial charge in [0.05, 0.1) is 11.7 Å². The molecule has 0 saturated heterocycles. The third kappa shape index (κ3) is 2.29. The molecule has 1 heterocycles. The highest BCUT2D eigenvalue weighted by Gasteiger charge is 2.08. The molecule has 1 atom stereocenters. The van der Waals surface area contributed by atoms with Gasteiger partial charge in [0.25, 0.3) is 5.56 Å². The predicted octanol–water partition coefficient (Wildman–Crippen LogP) is 0.161. The second-order valence-electron chi connectivity index (χ2n) is 2.62. The zero-order valence-corrected chi connectivity index (χ0v) is 7.59. The second kappa shape index (κ2) is 4.04. The van der Waals surface area contributed by atoms with Gasteiger partial charge in [-0.05, 0) is 13.8 Å². The molecular weight excluding hydrogens is 172 g/mol. The topological polar surface area (TPSA) is 75.0 Å². The van der Waals surface area contributed by atoms with Crippen LogP contribution in [0.25, 0.3) is 0 Å². The first-order chi connectivity index (χ1) is 6.15. The molecule has 0 fully saturated rings. The summed E-state index contributed by atoms with van der Waals surface area (Å²) in [6.45, 7) is 4.13. The van der Waals surface area contributed by atoms with E-state index in [2.05, 4.69) is 9.97 Å². The van der Waals surface area contributed by atoms with Crippen LogP contribution in [0.15, 0.2) is 15.8 Å². The lowest BCUT2D eigenvalue weighted by Crippen LogP contribution is -2.26. The third-order valence-corrected chi connectivity index (χ3v) is 1.70. The van der Waals surface area contributed by atoms with E-state index in [0.29, 0.717) is 12.2 Å². The summed E-state index contributed by atoms with van der Waals surface area (Å²) in [4.78, 5) is 26.4. The first-order valence-electron chi connectivity index (χ1n) is 4.08. The standard InChI is InChI=1S/C8H12N2O3/c1-3-13-5(2)6-4-9-8(12)10-7(6)11/h4-5H,3H2,1-2H3,(H2,9,10,11,12). The van der Waals surface area contributed by atoms with Crippen LogP contribution >= 0.6 is 0 Å². The van der Waals surface area contributed by atoms with Gasteiger partial charge in [0.1, 0.15) is 0 Å². The Balaban J connectivity index is 3.02. The minimum atomic E-state index is -0.502. The summed E-state index contributed by atoms with van der Waals surface area (Å²) >= 11 is 0. The number of hydrogen-bond donors (Lipinski definition) is 2. The number of H-pyrrole nitrogens is 2. The van der Waals surface area contributed by atoms with E-state index >= 15 is 0 Å². The van der Waals surface area contributed by atoms with E-state index in [1.54, 1.807) is 6.92 Å². The lowest BCUT2D eigenvalue weighted by Gasteiger charge is -2.09. The van der Waals surface area contributed by atoms with E-state index in [0.717, 1.165) is 0 Å². The van der Waals surface area contributed by atoms with Crippen molar-refractivity contribution in [3.63, 3.8) is 0 Å². The summed E-state index contributed by atoms with van der Waals surface area (Å²) < 4.78 is 5.21. The van der Waals surface area contributed by atoms with Gasteiger partial charge in [-0.15, -0.1) is 0 Å². The second-order valence-corrected chi connectivity index (χ2v) is 2.62. The van der Waals surface area contributed by atoms with E-state index < -0.39 is 11.2 Å². The predicted molar refractivity (Wildman–Crippen MR) is 47.7 cm³/mol. The molecule has 2 N–H and O–H groups in total. The Morgan fingerprint density at radius 2 is 2.23 bits per heavy atom. The van der Waals surface area contributed by atoms with E-state index in [1.807, 2.05) is 6.92 Å². The largest absolute Gasteiger partial charge is 0.374 e. The molecule has 0 aliphatic heterocycles. The number of rotatable bonds is 3. The molecule has 0 aromatic carbocycles. The normalized spacial score (nSPS) is 12.8. The molecule has 72 valence electrons. The number of aromatic nitrogens is 2. The van der Waals surface area contributed by atoms with Crippen LogP contribution in [0.5, 0.6) is 0 Å². The van der Waals surface area contributed by atoms with Crippen LogP contribution in [0, 0.1) is 0 Å². The van der Waals surface area contributed by atoms with Crippen molar-refractivity contribution in [3.8, 4) is 0 Å². The van der Waals surface area contributed by atoms with Gasteiger partial charge in [-0.3, -0.25) is 9.78 Å². The molecule has 1 aromatic rings. The Kier molecular flexibility index (Phi) is 3.02. The van der Waals surface area contributed by atoms with Crippen LogP contribution in [-0.2, 0) is 4.74 Å². The van der Waals surface area contributed by atoms with Crippen molar-refractivity contribution in [1.29, 1.82) is 0 Å². The van der Waals surface area contributed by atoms with Crippen LogP contribution in [0.4, 0.5) is 0 Å². The number of ether oxygens (including phenoxy) is 1. The first-order valence-corrected chi connectivity index (χ1v) is 4.08. The van der Waals surface area contributed by atoms with Crippen molar-refractivity contribution < 1.29 is 4.74 Å². The monoisotopic (exact) mass is 184 g/mol. The highest BCUT2D eigenvalue weighted by Crippen LogP contribution is 2.09. The molecule has 0 aliphatic carbocycles. The number of aromatic amines is 2. The van der Waals surface area contributed by atoms with Crippen LogP contribution in [0.3, 0.4) is 0 Å². The van der Waals surface area contributed by atoms with Crippen molar-refractivity contribution in [3.05, 3.63) is 32.6 Å². The molecule has 5 nitrogen and oxygen atoms in total. The molecule has 0 aliphatic rings. The van der Waals surface area contributed by atoms with E-state index in [1.165, 1.54) is 6.20 Å². The summed E-state index contributed by atoms with van der Waals surface area (Å²) in [7, 11) is 0. The maximum atomic E-state index is 11.2. The van der Waals surface area contributed by atoms with Gasteiger partial charge in [-0.2, -0.15) is 0 Å². The van der Waals surface area contributed by atoms with Gasteiger partial charge >= 0.3 is 5.69 Å². The molecule has 0 spiro atoms. The molecule has 1 rings (SSSR count). The van der Waals surface area contributed by atoms with E-state index in [4.69, 9.17) is 4.74 Å². The minimum Gasteiger partial charge on any atom is -0.374 e. The van der Waals surface area contributed by atoms with Crippen molar-refractivity contribution in [2.45, 2.75) is 20.0 Å². The van der Waals surface area contributed by atoms with Gasteiger partial charge in [-0.1, -0.05) is 0 Å². The van der Waals surface area contributed by atoms with Crippen molar-refractivity contribution >= 4 is 0 Å². The zero-order valence-electron chi connectivity index (χ0n) is 7.59. The average molecular weight is 184 g/mol. The molecule has 1 aromatic heterocycles. The SMILES string of the molecule is CCOC(C)c1c[nH]c(=O)[nH]c1=O. The van der Waals surface area contributed by atoms with Gasteiger partial charge < -0.3 is 9.72 Å². The summed E-state index contributed by atoms with van der Waals surface area (Å²) in [5, 5.41) is 0. The summed E-state index contributed by atoms with van der Waals surface area (Å²) in [5.41, 5.74) is -0.469. The molecule has 0 saturated carbocycles. The fourth-order valence-corrected chi connectivity index (χ4v) is 1.06. The van der Waals surface area contributed by atoms with E-state index in [-0.39, 0.29) is 6.10 Å². The minimum absolute atomic E-state index is 0.300. The Morgan fingerprint density at radius 1 is 1.54 bits per heavy atom. The molecule has 13 heavy (non-hydrogen) atoms. The maximum Gasteiger partial charge on any atom is 0.325 e. The highest BCUT2D eigenvalue weighted by molar-refractivity contribution is 5.06. The Morgan fingerprint density at radius 3 is 2.77 bits per heavy atom. The summed E-state index contributed by atoms with van der Waals surface area (Å²) in [5.74, 6) is 0. The van der Waals surface area contributed by atoms with E-state index in [9.17, 15) is 9.59 Å². The summed E-state index contributed by atoms with van der Waals surface area (Å²) in [6, 6.07) is 0. The van der Waals surface area contributed by atoms with Gasteiger partial charge in [-0.25, -0.2) is 4.79 Å². The van der Waals surface area contributed by atoms with Crippen molar-refractivity contribution in [2.75, 3.05) is 6.61 Å². The third-order valence-electron chi connectivity index (χ3n) is 1.70. The Hall–Kier alpha value is -1.36. The maximum absolute atomic E-state index is 11.2. The Bertz CT molecular complexity index is 379. The smallest absolute Gasteiger partial charge is 0.325 e. The lowest BCUT2D eigenvalue weighted by molar-refractivity contribution is 0.0751. The zero-order chi connectivity index (χ0) is 9.84. The fraction of sp³-hybridized carbons (Fsp3) is 0.500. The van der Waals surface area contributed by atoms with Gasteiger partial charge in [0.15, 0.2) is 0 Å². The van der Waals surface area contributed by atoms with Gasteiger partial charge in [0, 0.05) is 12.8 Å². The number of hydrogen-bond acceptors (Lipinski definition) is 3. The van der Waals surface area contributed by atoms with Gasteiger partial charge in [0.2, 0.25) is 0 Å². The Labute approximate surface area is 74.8 Å². The molecule has 1 unspecified atom stereocenters. The first kappa shape index (κ1) is 9.73. The summed E-state index contributed by atoms with van der Waals surface area (Å²) in [6.07, 6.45) is 1.08. The molecule has 0 radical (unpaired) electrons. The highest BCUT2D eigenvalue weighted by atomic mass is 16.5. The lowest BCUT2D eigenvalue weighted by atomic mass is 10.2. The van der Waals surface area contributed by atoms with Crippen LogP contribution < -0.4 is 11.2 Å². The van der Waals surface area contributed by atoms with Crippen LogP contribution in [0.2, 0.25) is 0 Å². The van der Waals surface area contributed by atoms with Crippen LogP contribution in [-0.4, -0.2) is 16.6 Å². The number of nitrogens with one attached hydrogen (secondary N) is 2. The molecule has 0 bridgehead atoms. The quantitative estimate of drug-likeness (QED) is 0.702. The molecular formula is C8H12N2O3. The van der Waals surface area contributed by atoms with Crippen LogP contribution in [0.1, 0.15) is 25.5 Å². The van der Waals surface area contributed by atoms with Crippen molar-refractivity contribution in [1.82, 2.24) is 9.97 Å². The fourth-order valence-electron chi connectivity index (χ4n) is 1.06.